The van der Waals surface area contributed by atoms with Crippen molar-refractivity contribution >= 4 is 17.4 Å². The van der Waals surface area contributed by atoms with Gasteiger partial charge < -0.3 is 9.57 Å². The predicted octanol–water partition coefficient (Wildman–Crippen LogP) is 3.75. The van der Waals surface area contributed by atoms with Crippen LogP contribution in [0.2, 0.25) is 0 Å². The summed E-state index contributed by atoms with van der Waals surface area (Å²) in [4.78, 5) is 16.7. The van der Waals surface area contributed by atoms with Crippen molar-refractivity contribution in [1.82, 2.24) is 0 Å². The molecule has 1 N–H and O–H groups in total. The Balaban J connectivity index is 1.95. The van der Waals surface area contributed by atoms with Gasteiger partial charge in [0.05, 0.1) is 17.7 Å². The zero-order chi connectivity index (χ0) is 14.6. The maximum atomic E-state index is 11.6. The highest BCUT2D eigenvalue weighted by Gasteiger charge is 2.23. The molecule has 1 aromatic carbocycles. The molecular formula is C16H21NO3. The quantitative estimate of drug-likeness (QED) is 0.853. The summed E-state index contributed by atoms with van der Waals surface area (Å²) in [6.45, 7) is 6.21. The highest BCUT2D eigenvalue weighted by atomic mass is 16.7. The van der Waals surface area contributed by atoms with Gasteiger partial charge in [-0.15, -0.1) is 0 Å². The summed E-state index contributed by atoms with van der Waals surface area (Å²) in [5.74, 6) is 0.634. The van der Waals surface area contributed by atoms with Gasteiger partial charge in [-0.1, -0.05) is 0 Å². The summed E-state index contributed by atoms with van der Waals surface area (Å²) in [7, 11) is 0. The van der Waals surface area contributed by atoms with Crippen LogP contribution >= 0.6 is 0 Å². The molecule has 0 saturated carbocycles. The third-order valence-corrected chi connectivity index (χ3v) is 2.98. The Morgan fingerprint density at radius 1 is 1.25 bits per heavy atom. The molecule has 0 fully saturated rings. The Morgan fingerprint density at radius 3 is 2.50 bits per heavy atom. The molecule has 108 valence electrons. The lowest BCUT2D eigenvalue weighted by Crippen LogP contribution is -2.25. The van der Waals surface area contributed by atoms with Gasteiger partial charge in [0.2, 0.25) is 0 Å². The molecule has 0 amide bonds. The standard InChI is InChI=1S/C16H21NO3/c1-16(2,3)15(18)20-17-13-9-7-12(8-10-13)14-6-4-5-11-19-14/h6-10,17H,4-5,11H2,1-3H3. The summed E-state index contributed by atoms with van der Waals surface area (Å²) in [5.41, 5.74) is 3.93. The smallest absolute Gasteiger partial charge is 0.337 e. The molecule has 0 saturated heterocycles. The lowest BCUT2D eigenvalue weighted by Gasteiger charge is -2.17. The molecule has 20 heavy (non-hydrogen) atoms. The van der Waals surface area contributed by atoms with Crippen molar-refractivity contribution in [2.24, 2.45) is 5.41 Å². The lowest BCUT2D eigenvalue weighted by molar-refractivity contribution is -0.149. The Bertz CT molecular complexity index is 497. The summed E-state index contributed by atoms with van der Waals surface area (Å²) in [6.07, 6.45) is 4.23. The van der Waals surface area contributed by atoms with Crippen molar-refractivity contribution in [1.29, 1.82) is 0 Å². The number of allylic oxidation sites excluding steroid dienone is 1. The van der Waals surface area contributed by atoms with Crippen molar-refractivity contribution in [3.63, 3.8) is 0 Å². The molecule has 1 aromatic rings. The molecule has 1 aliphatic rings. The molecule has 4 heteroatoms. The van der Waals surface area contributed by atoms with Crippen LogP contribution in [0.5, 0.6) is 0 Å². The maximum absolute atomic E-state index is 11.6. The number of anilines is 1. The number of hydrogen-bond donors (Lipinski definition) is 1. The third kappa shape index (κ3) is 3.76. The zero-order valence-electron chi connectivity index (χ0n) is 12.2. The van der Waals surface area contributed by atoms with Gasteiger partial charge in [-0.3, -0.25) is 0 Å². The van der Waals surface area contributed by atoms with E-state index in [4.69, 9.17) is 9.57 Å². The Morgan fingerprint density at radius 2 is 1.95 bits per heavy atom. The van der Waals surface area contributed by atoms with E-state index in [1.807, 2.05) is 45.0 Å². The molecule has 1 heterocycles. The molecule has 1 aliphatic heterocycles. The van der Waals surface area contributed by atoms with Crippen LogP contribution in [0.1, 0.15) is 39.2 Å². The Hall–Kier alpha value is -1.97. The van der Waals surface area contributed by atoms with Crippen LogP contribution in [0, 0.1) is 5.41 Å². The molecule has 0 radical (unpaired) electrons. The fourth-order valence-corrected chi connectivity index (χ4v) is 1.72. The number of benzene rings is 1. The van der Waals surface area contributed by atoms with Crippen molar-refractivity contribution in [2.45, 2.75) is 33.6 Å². The van der Waals surface area contributed by atoms with Gasteiger partial charge in [0.15, 0.2) is 0 Å². The minimum Gasteiger partial charge on any atom is -0.493 e. The average molecular weight is 275 g/mol. The van der Waals surface area contributed by atoms with Crippen LogP contribution in [0.25, 0.3) is 5.76 Å². The van der Waals surface area contributed by atoms with Gasteiger partial charge in [-0.25, -0.2) is 10.3 Å². The lowest BCUT2D eigenvalue weighted by atomic mass is 9.98. The first-order valence-corrected chi connectivity index (χ1v) is 6.87. The molecule has 0 aliphatic carbocycles. The highest BCUT2D eigenvalue weighted by Crippen LogP contribution is 2.23. The van der Waals surface area contributed by atoms with E-state index in [1.54, 1.807) is 0 Å². The molecule has 0 bridgehead atoms. The number of hydrogen-bond acceptors (Lipinski definition) is 4. The minimum absolute atomic E-state index is 0.292. The van der Waals surface area contributed by atoms with E-state index in [0.29, 0.717) is 0 Å². The second-order valence-electron chi connectivity index (χ2n) is 5.88. The summed E-state index contributed by atoms with van der Waals surface area (Å²) in [5, 5.41) is 0. The first kappa shape index (κ1) is 14.4. The number of nitrogens with one attached hydrogen (secondary N) is 1. The first-order chi connectivity index (χ1) is 9.47. The van der Waals surface area contributed by atoms with Crippen LogP contribution in [0.15, 0.2) is 30.3 Å². The first-order valence-electron chi connectivity index (χ1n) is 6.87. The average Bonchev–Trinajstić information content (AvgIpc) is 2.45. The topological polar surface area (TPSA) is 47.6 Å². The molecule has 0 aromatic heterocycles. The van der Waals surface area contributed by atoms with E-state index >= 15 is 0 Å². The molecular weight excluding hydrogens is 254 g/mol. The fourth-order valence-electron chi connectivity index (χ4n) is 1.72. The number of carbonyl (C=O) groups excluding carboxylic acids is 1. The second kappa shape index (κ2) is 5.99. The Kier molecular flexibility index (Phi) is 4.32. The summed E-state index contributed by atoms with van der Waals surface area (Å²) in [6, 6.07) is 7.63. The van der Waals surface area contributed by atoms with Crippen molar-refractivity contribution < 1.29 is 14.4 Å². The van der Waals surface area contributed by atoms with Gasteiger partial charge in [0.25, 0.3) is 0 Å². The summed E-state index contributed by atoms with van der Waals surface area (Å²) < 4.78 is 5.60. The normalized spacial score (nSPS) is 15.1. The van der Waals surface area contributed by atoms with E-state index in [9.17, 15) is 4.79 Å². The van der Waals surface area contributed by atoms with E-state index in [-0.39, 0.29) is 5.97 Å². The van der Waals surface area contributed by atoms with E-state index in [0.717, 1.165) is 36.5 Å². The van der Waals surface area contributed by atoms with Crippen molar-refractivity contribution in [3.05, 3.63) is 35.9 Å². The van der Waals surface area contributed by atoms with Crippen LogP contribution in [0.3, 0.4) is 0 Å². The number of ether oxygens (including phenoxy) is 1. The number of carbonyl (C=O) groups is 1. The molecule has 0 spiro atoms. The third-order valence-electron chi connectivity index (χ3n) is 2.98. The van der Waals surface area contributed by atoms with Gasteiger partial charge in [0.1, 0.15) is 5.76 Å². The molecule has 0 unspecified atom stereocenters. The predicted molar refractivity (Wildman–Crippen MR) is 78.8 cm³/mol. The van der Waals surface area contributed by atoms with Gasteiger partial charge in [0, 0.05) is 5.56 Å². The largest absolute Gasteiger partial charge is 0.493 e. The monoisotopic (exact) mass is 275 g/mol. The zero-order valence-corrected chi connectivity index (χ0v) is 12.2. The molecule has 2 rings (SSSR count). The number of rotatable bonds is 3. The van der Waals surface area contributed by atoms with Gasteiger partial charge >= 0.3 is 5.97 Å². The Labute approximate surface area is 119 Å². The van der Waals surface area contributed by atoms with Crippen LogP contribution in [-0.4, -0.2) is 12.6 Å². The minimum atomic E-state index is -0.520. The van der Waals surface area contributed by atoms with Crippen molar-refractivity contribution in [2.75, 3.05) is 12.1 Å². The molecule has 4 nitrogen and oxygen atoms in total. The van der Waals surface area contributed by atoms with E-state index < -0.39 is 5.41 Å². The fraction of sp³-hybridized carbons (Fsp3) is 0.438. The van der Waals surface area contributed by atoms with E-state index in [2.05, 4.69) is 11.6 Å². The second-order valence-corrected chi connectivity index (χ2v) is 5.88. The molecule has 0 atom stereocenters. The van der Waals surface area contributed by atoms with Crippen LogP contribution < -0.4 is 5.48 Å². The maximum Gasteiger partial charge on any atom is 0.337 e. The van der Waals surface area contributed by atoms with Gasteiger partial charge in [-0.2, -0.15) is 0 Å². The van der Waals surface area contributed by atoms with E-state index in [1.165, 1.54) is 0 Å². The van der Waals surface area contributed by atoms with Crippen LogP contribution in [-0.2, 0) is 14.4 Å². The van der Waals surface area contributed by atoms with Gasteiger partial charge in [-0.05, 0) is 64.0 Å². The SMILES string of the molecule is CC(C)(C)C(=O)ONc1ccc(C2=CCCCO2)cc1. The summed E-state index contributed by atoms with van der Waals surface area (Å²) >= 11 is 0. The highest BCUT2D eigenvalue weighted by molar-refractivity contribution is 5.76. The van der Waals surface area contributed by atoms with Crippen molar-refractivity contribution in [3.8, 4) is 0 Å². The van der Waals surface area contributed by atoms with Crippen LogP contribution in [0.4, 0.5) is 5.69 Å².